The van der Waals surface area contributed by atoms with E-state index in [9.17, 15) is 15.0 Å². The molecule has 0 bridgehead atoms. The zero-order valence-corrected chi connectivity index (χ0v) is 16.5. The van der Waals surface area contributed by atoms with Crippen LogP contribution >= 0.6 is 0 Å². The summed E-state index contributed by atoms with van der Waals surface area (Å²) < 4.78 is 5.41. The van der Waals surface area contributed by atoms with Gasteiger partial charge in [-0.3, -0.25) is 4.79 Å². The summed E-state index contributed by atoms with van der Waals surface area (Å²) in [5.41, 5.74) is -0.452. The molecular weight excluding hydrogens is 328 g/mol. The third-order valence-electron chi connectivity index (χ3n) is 7.92. The third-order valence-corrected chi connectivity index (χ3v) is 7.92. The lowest BCUT2D eigenvalue weighted by Gasteiger charge is -2.63. The van der Waals surface area contributed by atoms with Gasteiger partial charge in [0.15, 0.2) is 0 Å². The summed E-state index contributed by atoms with van der Waals surface area (Å²) in [5, 5.41) is 22.0. The van der Waals surface area contributed by atoms with Crippen LogP contribution in [-0.2, 0) is 9.53 Å². The molecule has 2 N–H and O–H groups in total. The van der Waals surface area contributed by atoms with Crippen molar-refractivity contribution in [2.75, 3.05) is 6.61 Å². The number of hydrogen-bond acceptors (Lipinski definition) is 4. The molecule has 4 nitrogen and oxygen atoms in total. The predicted octanol–water partition coefficient (Wildman–Crippen LogP) is 3.63. The van der Waals surface area contributed by atoms with E-state index < -0.39 is 11.7 Å². The highest BCUT2D eigenvalue weighted by Gasteiger charge is 2.62. The number of esters is 1. The molecule has 0 saturated heterocycles. The minimum atomic E-state index is -1.01. The lowest BCUT2D eigenvalue weighted by atomic mass is 9.42. The Morgan fingerprint density at radius 1 is 1.35 bits per heavy atom. The van der Waals surface area contributed by atoms with Gasteiger partial charge < -0.3 is 14.9 Å². The van der Waals surface area contributed by atoms with Gasteiger partial charge in [0.05, 0.1) is 12.7 Å². The molecular formula is C22H34O4. The standard InChI is InChI=1S/C22H34O4/c1-6-22(25)11-8-17-16(14(22)2)12-18(24)19-20(4,13-26-15(3)23)9-7-10-21(17,19)5/h6,16-19,24-25H,1-2,7-13H2,3-5H3. The maximum Gasteiger partial charge on any atom is 0.302 e. The molecule has 0 aromatic rings. The van der Waals surface area contributed by atoms with Gasteiger partial charge in [0, 0.05) is 12.3 Å². The van der Waals surface area contributed by atoms with Gasteiger partial charge in [-0.2, -0.15) is 0 Å². The quantitative estimate of drug-likeness (QED) is 0.594. The molecule has 0 radical (unpaired) electrons. The number of hydrogen-bond donors (Lipinski definition) is 2. The van der Waals surface area contributed by atoms with Crippen molar-refractivity contribution in [3.8, 4) is 0 Å². The number of carbonyl (C=O) groups is 1. The highest BCUT2D eigenvalue weighted by atomic mass is 16.5. The minimum absolute atomic E-state index is 0.0408. The first-order chi connectivity index (χ1) is 12.1. The molecule has 26 heavy (non-hydrogen) atoms. The van der Waals surface area contributed by atoms with Crippen LogP contribution in [-0.4, -0.2) is 34.5 Å². The smallest absolute Gasteiger partial charge is 0.302 e. The first-order valence-electron chi connectivity index (χ1n) is 9.94. The van der Waals surface area contributed by atoms with Crippen molar-refractivity contribution in [3.63, 3.8) is 0 Å². The lowest BCUT2D eigenvalue weighted by Crippen LogP contribution is -2.61. The van der Waals surface area contributed by atoms with E-state index >= 15 is 0 Å². The molecule has 3 rings (SSSR count). The fraction of sp³-hybridized carbons (Fsp3) is 0.773. The van der Waals surface area contributed by atoms with Gasteiger partial charge in [0.2, 0.25) is 0 Å². The first-order valence-corrected chi connectivity index (χ1v) is 9.94. The summed E-state index contributed by atoms with van der Waals surface area (Å²) in [7, 11) is 0. The monoisotopic (exact) mass is 362 g/mol. The Morgan fingerprint density at radius 2 is 2.04 bits per heavy atom. The number of fused-ring (bicyclic) bond motifs is 3. The van der Waals surface area contributed by atoms with Gasteiger partial charge in [-0.25, -0.2) is 0 Å². The van der Waals surface area contributed by atoms with Crippen LogP contribution in [0.4, 0.5) is 0 Å². The molecule has 3 aliphatic rings. The van der Waals surface area contributed by atoms with E-state index in [1.807, 2.05) is 0 Å². The van der Waals surface area contributed by atoms with Crippen molar-refractivity contribution in [1.29, 1.82) is 0 Å². The Labute approximate surface area is 157 Å². The van der Waals surface area contributed by atoms with E-state index in [2.05, 4.69) is 27.0 Å². The van der Waals surface area contributed by atoms with Crippen molar-refractivity contribution in [1.82, 2.24) is 0 Å². The van der Waals surface area contributed by atoms with Crippen LogP contribution < -0.4 is 0 Å². The molecule has 4 heteroatoms. The number of aliphatic hydroxyl groups excluding tert-OH is 1. The van der Waals surface area contributed by atoms with Crippen LogP contribution in [0.3, 0.4) is 0 Å². The lowest BCUT2D eigenvalue weighted by molar-refractivity contribution is -0.189. The highest BCUT2D eigenvalue weighted by Crippen LogP contribution is 2.65. The molecule has 7 atom stereocenters. The van der Waals surface area contributed by atoms with Crippen LogP contribution in [0.15, 0.2) is 24.8 Å². The third kappa shape index (κ3) is 2.86. The van der Waals surface area contributed by atoms with E-state index in [0.29, 0.717) is 25.4 Å². The van der Waals surface area contributed by atoms with Gasteiger partial charge in [-0.1, -0.05) is 39.5 Å². The molecule has 0 amide bonds. The number of carbonyl (C=O) groups excluding carboxylic acids is 1. The Balaban J connectivity index is 1.94. The minimum Gasteiger partial charge on any atom is -0.465 e. The van der Waals surface area contributed by atoms with Crippen molar-refractivity contribution >= 4 is 5.97 Å². The molecule has 3 aliphatic carbocycles. The molecule has 0 aliphatic heterocycles. The molecule has 7 unspecified atom stereocenters. The van der Waals surface area contributed by atoms with Gasteiger partial charge in [-0.15, -0.1) is 0 Å². The van der Waals surface area contributed by atoms with Crippen molar-refractivity contribution < 1.29 is 19.7 Å². The Bertz CT molecular complexity index is 613. The van der Waals surface area contributed by atoms with E-state index in [1.54, 1.807) is 6.08 Å². The first kappa shape index (κ1) is 19.6. The zero-order valence-electron chi connectivity index (χ0n) is 16.5. The normalized spacial score (nSPS) is 48.3. The predicted molar refractivity (Wildman–Crippen MR) is 101 cm³/mol. The van der Waals surface area contributed by atoms with Crippen molar-refractivity contribution in [2.24, 2.45) is 28.6 Å². The second kappa shape index (κ2) is 6.49. The molecule has 3 fully saturated rings. The van der Waals surface area contributed by atoms with E-state index in [1.165, 1.54) is 6.92 Å². The van der Waals surface area contributed by atoms with E-state index in [0.717, 1.165) is 31.3 Å². The second-order valence-corrected chi connectivity index (χ2v) is 9.48. The number of ether oxygens (including phenoxy) is 1. The fourth-order valence-corrected chi connectivity index (χ4v) is 6.76. The summed E-state index contributed by atoms with van der Waals surface area (Å²) in [6.45, 7) is 14.3. The fourth-order valence-electron chi connectivity index (χ4n) is 6.76. The SMILES string of the molecule is C=CC1(O)CCC2C(CC(O)C3C(C)(COC(C)=O)CCCC23C)C1=C. The van der Waals surface area contributed by atoms with Gasteiger partial charge in [0.25, 0.3) is 0 Å². The average molecular weight is 363 g/mol. The van der Waals surface area contributed by atoms with Crippen molar-refractivity contribution in [2.45, 2.75) is 71.0 Å². The summed E-state index contributed by atoms with van der Waals surface area (Å²) in [6, 6.07) is 0. The van der Waals surface area contributed by atoms with Gasteiger partial charge in [-0.05, 0) is 60.8 Å². The summed E-state index contributed by atoms with van der Waals surface area (Å²) in [6.07, 6.45) is 6.40. The summed E-state index contributed by atoms with van der Waals surface area (Å²) >= 11 is 0. The molecule has 0 spiro atoms. The second-order valence-electron chi connectivity index (χ2n) is 9.48. The van der Waals surface area contributed by atoms with E-state index in [4.69, 9.17) is 4.74 Å². The van der Waals surface area contributed by atoms with Crippen LogP contribution in [0.25, 0.3) is 0 Å². The summed E-state index contributed by atoms with van der Waals surface area (Å²) in [5.74, 6) is 0.329. The average Bonchev–Trinajstić information content (AvgIpc) is 2.56. The molecule has 0 heterocycles. The highest BCUT2D eigenvalue weighted by molar-refractivity contribution is 5.65. The van der Waals surface area contributed by atoms with Crippen molar-refractivity contribution in [3.05, 3.63) is 24.8 Å². The van der Waals surface area contributed by atoms with Gasteiger partial charge >= 0.3 is 5.97 Å². The largest absolute Gasteiger partial charge is 0.465 e. The Morgan fingerprint density at radius 3 is 2.65 bits per heavy atom. The molecule has 0 aromatic carbocycles. The Hall–Kier alpha value is -1.13. The van der Waals surface area contributed by atoms with E-state index in [-0.39, 0.29) is 28.6 Å². The van der Waals surface area contributed by atoms with Crippen LogP contribution in [0.2, 0.25) is 0 Å². The number of aliphatic hydroxyl groups is 2. The topological polar surface area (TPSA) is 66.8 Å². The maximum atomic E-state index is 11.4. The molecule has 3 saturated carbocycles. The maximum absolute atomic E-state index is 11.4. The van der Waals surface area contributed by atoms with Crippen LogP contribution in [0.1, 0.15) is 59.3 Å². The number of rotatable bonds is 3. The van der Waals surface area contributed by atoms with Crippen LogP contribution in [0, 0.1) is 28.6 Å². The van der Waals surface area contributed by atoms with Gasteiger partial charge in [0.1, 0.15) is 5.60 Å². The molecule has 146 valence electrons. The zero-order chi connectivity index (χ0) is 19.3. The summed E-state index contributed by atoms with van der Waals surface area (Å²) in [4.78, 5) is 11.4. The molecule has 0 aromatic heterocycles. The Kier molecular flexibility index (Phi) is 4.90. The van der Waals surface area contributed by atoms with Crippen LogP contribution in [0.5, 0.6) is 0 Å².